The average molecular weight is 238 g/mol. The first kappa shape index (κ1) is 13.4. The number of benzene rings is 1. The normalized spacial score (nSPS) is 10.8. The summed E-state index contributed by atoms with van der Waals surface area (Å²) in [6, 6.07) is 7.10. The average Bonchev–Trinajstić information content (AvgIpc) is 2.29. The summed E-state index contributed by atoms with van der Waals surface area (Å²) in [5.41, 5.74) is -1.01. The molecule has 0 heterocycles. The molecule has 0 amide bonds. The van der Waals surface area contributed by atoms with Crippen LogP contribution in [-0.2, 0) is 9.53 Å². The number of hydrogen-bond acceptors (Lipinski definition) is 4. The van der Waals surface area contributed by atoms with Gasteiger partial charge in [0.25, 0.3) is 0 Å². The molecular formula is C13H18O4. The minimum Gasteiger partial charge on any atom is -0.497 e. The Bertz CT molecular complexity index is 385. The first-order chi connectivity index (χ1) is 7.99. The molecule has 0 aromatic heterocycles. The second-order valence-electron chi connectivity index (χ2n) is 4.01. The second kappa shape index (κ2) is 5.57. The second-order valence-corrected chi connectivity index (χ2v) is 4.01. The van der Waals surface area contributed by atoms with Gasteiger partial charge in [0.15, 0.2) is 5.60 Å². The van der Waals surface area contributed by atoms with Gasteiger partial charge in [0.1, 0.15) is 11.5 Å². The molecule has 0 N–H and O–H groups in total. The van der Waals surface area contributed by atoms with Crippen LogP contribution in [0.3, 0.4) is 0 Å². The largest absolute Gasteiger partial charge is 0.497 e. The number of methoxy groups -OCH3 is 1. The van der Waals surface area contributed by atoms with Crippen LogP contribution in [0.5, 0.6) is 11.5 Å². The fourth-order valence-electron chi connectivity index (χ4n) is 1.31. The summed E-state index contributed by atoms with van der Waals surface area (Å²) in [6.45, 7) is 5.44. The van der Waals surface area contributed by atoms with Gasteiger partial charge in [0.2, 0.25) is 0 Å². The maximum atomic E-state index is 11.6. The van der Waals surface area contributed by atoms with Crippen LogP contribution in [-0.4, -0.2) is 25.3 Å². The molecule has 0 spiro atoms. The first-order valence-corrected chi connectivity index (χ1v) is 5.50. The number of carbonyl (C=O) groups excluding carboxylic acids is 1. The van der Waals surface area contributed by atoms with E-state index in [0.717, 1.165) is 0 Å². The van der Waals surface area contributed by atoms with Crippen LogP contribution < -0.4 is 9.47 Å². The van der Waals surface area contributed by atoms with Gasteiger partial charge in [0, 0.05) is 6.07 Å². The highest BCUT2D eigenvalue weighted by Gasteiger charge is 2.31. The molecule has 1 aromatic rings. The molecule has 0 atom stereocenters. The molecule has 4 nitrogen and oxygen atoms in total. The van der Waals surface area contributed by atoms with Crippen LogP contribution in [0.2, 0.25) is 0 Å². The minimum absolute atomic E-state index is 0.337. The van der Waals surface area contributed by atoms with Crippen LogP contribution in [0, 0.1) is 0 Å². The van der Waals surface area contributed by atoms with Gasteiger partial charge in [-0.1, -0.05) is 6.07 Å². The SMILES string of the molecule is CCOC(=O)C(C)(C)Oc1cccc(OC)c1. The Hall–Kier alpha value is -1.71. The predicted octanol–water partition coefficient (Wildman–Crippen LogP) is 2.42. The van der Waals surface area contributed by atoms with Crippen LogP contribution >= 0.6 is 0 Å². The van der Waals surface area contributed by atoms with Crippen molar-refractivity contribution in [2.24, 2.45) is 0 Å². The molecule has 1 aromatic carbocycles. The van der Waals surface area contributed by atoms with Crippen molar-refractivity contribution in [3.05, 3.63) is 24.3 Å². The molecule has 94 valence electrons. The molecule has 0 saturated carbocycles. The van der Waals surface area contributed by atoms with Crippen molar-refractivity contribution in [1.29, 1.82) is 0 Å². The third-order valence-corrected chi connectivity index (χ3v) is 2.18. The third kappa shape index (κ3) is 3.66. The van der Waals surface area contributed by atoms with Gasteiger partial charge in [-0.3, -0.25) is 0 Å². The molecule has 0 aliphatic rings. The standard InChI is InChI=1S/C13H18O4/c1-5-16-12(14)13(2,3)17-11-8-6-7-10(9-11)15-4/h6-9H,5H2,1-4H3. The smallest absolute Gasteiger partial charge is 0.349 e. The molecule has 0 radical (unpaired) electrons. The summed E-state index contributed by atoms with van der Waals surface area (Å²) < 4.78 is 15.6. The molecule has 0 aliphatic heterocycles. The quantitative estimate of drug-likeness (QED) is 0.739. The molecule has 0 aliphatic carbocycles. The maximum absolute atomic E-state index is 11.6. The van der Waals surface area contributed by atoms with Crippen molar-refractivity contribution in [2.45, 2.75) is 26.4 Å². The Morgan fingerprint density at radius 2 is 1.94 bits per heavy atom. The lowest BCUT2D eigenvalue weighted by Gasteiger charge is -2.24. The summed E-state index contributed by atoms with van der Waals surface area (Å²) in [5, 5.41) is 0. The van der Waals surface area contributed by atoms with Gasteiger partial charge < -0.3 is 14.2 Å². The zero-order valence-electron chi connectivity index (χ0n) is 10.6. The number of hydrogen-bond donors (Lipinski definition) is 0. The van der Waals surface area contributed by atoms with Gasteiger partial charge >= 0.3 is 5.97 Å². The molecule has 1 rings (SSSR count). The van der Waals surface area contributed by atoms with Gasteiger partial charge in [-0.05, 0) is 32.9 Å². The van der Waals surface area contributed by atoms with E-state index in [2.05, 4.69) is 0 Å². The Morgan fingerprint density at radius 1 is 1.29 bits per heavy atom. The van der Waals surface area contributed by atoms with E-state index in [1.165, 1.54) is 0 Å². The molecule has 0 unspecified atom stereocenters. The molecule has 17 heavy (non-hydrogen) atoms. The molecular weight excluding hydrogens is 220 g/mol. The van der Waals surface area contributed by atoms with E-state index in [4.69, 9.17) is 14.2 Å². The van der Waals surface area contributed by atoms with Crippen molar-refractivity contribution in [3.63, 3.8) is 0 Å². The lowest BCUT2D eigenvalue weighted by molar-refractivity contribution is -0.158. The third-order valence-electron chi connectivity index (χ3n) is 2.18. The predicted molar refractivity (Wildman–Crippen MR) is 64.3 cm³/mol. The van der Waals surface area contributed by atoms with Crippen molar-refractivity contribution in [1.82, 2.24) is 0 Å². The molecule has 0 fully saturated rings. The summed E-state index contributed by atoms with van der Waals surface area (Å²) in [7, 11) is 1.58. The summed E-state index contributed by atoms with van der Waals surface area (Å²) in [4.78, 5) is 11.6. The van der Waals surface area contributed by atoms with Crippen LogP contribution in [0.15, 0.2) is 24.3 Å². The molecule has 4 heteroatoms. The Labute approximate surface area is 101 Å². The highest BCUT2D eigenvalue weighted by Crippen LogP contribution is 2.23. The van der Waals surface area contributed by atoms with E-state index in [-0.39, 0.29) is 5.97 Å². The monoisotopic (exact) mass is 238 g/mol. The molecule has 0 bridgehead atoms. The topological polar surface area (TPSA) is 44.8 Å². The van der Waals surface area contributed by atoms with E-state index in [1.54, 1.807) is 46.1 Å². The van der Waals surface area contributed by atoms with Crippen molar-refractivity contribution < 1.29 is 19.0 Å². The maximum Gasteiger partial charge on any atom is 0.349 e. The van der Waals surface area contributed by atoms with Crippen molar-refractivity contribution >= 4 is 5.97 Å². The minimum atomic E-state index is -1.01. The number of carbonyl (C=O) groups is 1. The lowest BCUT2D eigenvalue weighted by atomic mass is 10.1. The fraction of sp³-hybridized carbons (Fsp3) is 0.462. The van der Waals surface area contributed by atoms with E-state index < -0.39 is 5.60 Å². The summed E-state index contributed by atoms with van der Waals surface area (Å²) in [5.74, 6) is 0.868. The van der Waals surface area contributed by atoms with Gasteiger partial charge in [-0.15, -0.1) is 0 Å². The lowest BCUT2D eigenvalue weighted by Crippen LogP contribution is -2.39. The van der Waals surface area contributed by atoms with Gasteiger partial charge in [0.05, 0.1) is 13.7 Å². The van der Waals surface area contributed by atoms with Crippen LogP contribution in [0.4, 0.5) is 0 Å². The fourth-order valence-corrected chi connectivity index (χ4v) is 1.31. The Morgan fingerprint density at radius 3 is 2.53 bits per heavy atom. The van der Waals surface area contributed by atoms with E-state index >= 15 is 0 Å². The number of esters is 1. The van der Waals surface area contributed by atoms with Gasteiger partial charge in [-0.25, -0.2) is 4.79 Å². The highest BCUT2D eigenvalue weighted by atomic mass is 16.6. The number of rotatable bonds is 5. The number of ether oxygens (including phenoxy) is 3. The van der Waals surface area contributed by atoms with E-state index in [9.17, 15) is 4.79 Å². The zero-order chi connectivity index (χ0) is 12.9. The first-order valence-electron chi connectivity index (χ1n) is 5.50. The van der Waals surface area contributed by atoms with E-state index in [1.807, 2.05) is 6.07 Å². The van der Waals surface area contributed by atoms with Crippen LogP contribution in [0.1, 0.15) is 20.8 Å². The van der Waals surface area contributed by atoms with E-state index in [0.29, 0.717) is 18.1 Å². The highest BCUT2D eigenvalue weighted by molar-refractivity contribution is 5.79. The summed E-state index contributed by atoms with van der Waals surface area (Å²) >= 11 is 0. The summed E-state index contributed by atoms with van der Waals surface area (Å²) in [6.07, 6.45) is 0. The Kier molecular flexibility index (Phi) is 4.37. The van der Waals surface area contributed by atoms with Crippen LogP contribution in [0.25, 0.3) is 0 Å². The van der Waals surface area contributed by atoms with Crippen molar-refractivity contribution in [3.8, 4) is 11.5 Å². The van der Waals surface area contributed by atoms with Crippen molar-refractivity contribution in [2.75, 3.05) is 13.7 Å². The van der Waals surface area contributed by atoms with Gasteiger partial charge in [-0.2, -0.15) is 0 Å². The zero-order valence-corrected chi connectivity index (χ0v) is 10.6. The Balaban J connectivity index is 2.78. The molecule has 0 saturated heterocycles.